The summed E-state index contributed by atoms with van der Waals surface area (Å²) in [5, 5.41) is 2.11. The fraction of sp³-hybridized carbons (Fsp3) is 0.231. The van der Waals surface area contributed by atoms with Crippen molar-refractivity contribution >= 4 is 43.2 Å². The minimum Gasteiger partial charge on any atom is -0.146 e. The number of halogens is 2. The zero-order chi connectivity index (χ0) is 11.7. The Morgan fingerprint density at radius 1 is 1.12 bits per heavy atom. The number of aryl methyl sites for hydroxylation is 2. The minimum atomic E-state index is 0.279. The molecular formula is C13H12Br2S. The van der Waals surface area contributed by atoms with Gasteiger partial charge in [0.2, 0.25) is 0 Å². The van der Waals surface area contributed by atoms with E-state index in [1.165, 1.54) is 26.0 Å². The standard InChI is InChI=1S/C13H12Br2S/c1-8-3-4-10(7-9(8)2)12(15)13-11(14)5-6-16-13/h3-7,12H,1-2H3. The van der Waals surface area contributed by atoms with Crippen molar-refractivity contribution < 1.29 is 0 Å². The Hall–Kier alpha value is -0.120. The Labute approximate surface area is 117 Å². The molecular weight excluding hydrogens is 348 g/mol. The zero-order valence-corrected chi connectivity index (χ0v) is 13.1. The summed E-state index contributed by atoms with van der Waals surface area (Å²) in [4.78, 5) is 1.60. The summed E-state index contributed by atoms with van der Waals surface area (Å²) >= 11 is 9.11. The number of rotatable bonds is 2. The summed E-state index contributed by atoms with van der Waals surface area (Å²) in [6.07, 6.45) is 0. The van der Waals surface area contributed by atoms with Gasteiger partial charge in [-0.05, 0) is 57.9 Å². The second-order valence-electron chi connectivity index (χ2n) is 3.84. The summed E-state index contributed by atoms with van der Waals surface area (Å²) < 4.78 is 1.18. The quantitative estimate of drug-likeness (QED) is 0.611. The van der Waals surface area contributed by atoms with Crippen molar-refractivity contribution in [3.63, 3.8) is 0 Å². The second kappa shape index (κ2) is 5.03. The molecule has 2 rings (SSSR count). The van der Waals surface area contributed by atoms with Crippen LogP contribution in [0.1, 0.15) is 26.4 Å². The van der Waals surface area contributed by atoms with E-state index in [4.69, 9.17) is 0 Å². The molecule has 1 atom stereocenters. The maximum Gasteiger partial charge on any atom is 0.0749 e. The van der Waals surface area contributed by atoms with Gasteiger partial charge < -0.3 is 0 Å². The number of benzene rings is 1. The number of thiophene rings is 1. The molecule has 3 heteroatoms. The lowest BCUT2D eigenvalue weighted by Gasteiger charge is -2.11. The van der Waals surface area contributed by atoms with Crippen LogP contribution in [-0.4, -0.2) is 0 Å². The second-order valence-corrected chi connectivity index (χ2v) is 6.56. The molecule has 16 heavy (non-hydrogen) atoms. The molecule has 0 spiro atoms. The number of hydrogen-bond donors (Lipinski definition) is 0. The number of alkyl halides is 1. The Morgan fingerprint density at radius 2 is 1.88 bits per heavy atom. The van der Waals surface area contributed by atoms with Gasteiger partial charge in [0.25, 0.3) is 0 Å². The lowest BCUT2D eigenvalue weighted by atomic mass is 10.0. The first-order valence-corrected chi connectivity index (χ1v) is 7.62. The average molecular weight is 360 g/mol. The van der Waals surface area contributed by atoms with Crippen molar-refractivity contribution in [3.05, 3.63) is 55.7 Å². The van der Waals surface area contributed by atoms with Gasteiger partial charge in [-0.1, -0.05) is 34.1 Å². The van der Waals surface area contributed by atoms with E-state index in [2.05, 4.69) is 75.4 Å². The monoisotopic (exact) mass is 358 g/mol. The molecule has 0 N–H and O–H groups in total. The highest BCUT2D eigenvalue weighted by atomic mass is 79.9. The maximum atomic E-state index is 3.76. The van der Waals surface area contributed by atoms with E-state index < -0.39 is 0 Å². The highest BCUT2D eigenvalue weighted by molar-refractivity contribution is 9.11. The first-order chi connectivity index (χ1) is 7.59. The Kier molecular flexibility index (Phi) is 3.88. The summed E-state index contributed by atoms with van der Waals surface area (Å²) in [7, 11) is 0. The van der Waals surface area contributed by atoms with Gasteiger partial charge in [-0.2, -0.15) is 0 Å². The topological polar surface area (TPSA) is 0 Å². The van der Waals surface area contributed by atoms with E-state index in [1.807, 2.05) is 0 Å². The van der Waals surface area contributed by atoms with Crippen LogP contribution in [0, 0.1) is 13.8 Å². The predicted molar refractivity (Wildman–Crippen MR) is 78.7 cm³/mol. The van der Waals surface area contributed by atoms with Crippen LogP contribution in [0.25, 0.3) is 0 Å². The molecule has 0 bridgehead atoms. The largest absolute Gasteiger partial charge is 0.146 e. The molecule has 2 aromatic rings. The fourth-order valence-corrected chi connectivity index (χ4v) is 4.33. The van der Waals surface area contributed by atoms with E-state index >= 15 is 0 Å². The smallest absolute Gasteiger partial charge is 0.0749 e. The predicted octanol–water partition coefficient (Wildman–Crippen LogP) is 5.61. The van der Waals surface area contributed by atoms with Crippen molar-refractivity contribution in [1.29, 1.82) is 0 Å². The molecule has 0 amide bonds. The minimum absolute atomic E-state index is 0.279. The first-order valence-electron chi connectivity index (χ1n) is 5.03. The van der Waals surface area contributed by atoms with Crippen LogP contribution in [0.2, 0.25) is 0 Å². The van der Waals surface area contributed by atoms with E-state index in [1.54, 1.807) is 11.3 Å². The summed E-state index contributed by atoms with van der Waals surface area (Å²) in [5.74, 6) is 0. The van der Waals surface area contributed by atoms with Gasteiger partial charge >= 0.3 is 0 Å². The van der Waals surface area contributed by atoms with Gasteiger partial charge in [-0.25, -0.2) is 0 Å². The molecule has 0 radical (unpaired) electrons. The van der Waals surface area contributed by atoms with Crippen molar-refractivity contribution in [2.75, 3.05) is 0 Å². The van der Waals surface area contributed by atoms with Gasteiger partial charge in [0.1, 0.15) is 0 Å². The zero-order valence-electron chi connectivity index (χ0n) is 9.13. The van der Waals surface area contributed by atoms with Gasteiger partial charge in [0.05, 0.1) is 4.83 Å². The molecule has 0 fully saturated rings. The lowest BCUT2D eigenvalue weighted by Crippen LogP contribution is -1.92. The normalized spacial score (nSPS) is 12.8. The molecule has 0 nitrogen and oxygen atoms in total. The Bertz CT molecular complexity index is 502. The first kappa shape index (κ1) is 12.3. The van der Waals surface area contributed by atoms with Crippen molar-refractivity contribution in [1.82, 2.24) is 0 Å². The molecule has 1 heterocycles. The molecule has 0 saturated carbocycles. The van der Waals surface area contributed by atoms with Crippen molar-refractivity contribution in [2.24, 2.45) is 0 Å². The molecule has 0 aliphatic rings. The third-order valence-electron chi connectivity index (χ3n) is 2.70. The van der Waals surface area contributed by atoms with Crippen molar-refractivity contribution in [3.8, 4) is 0 Å². The lowest BCUT2D eigenvalue weighted by molar-refractivity contribution is 1.18. The summed E-state index contributed by atoms with van der Waals surface area (Å²) in [6, 6.07) is 8.71. The van der Waals surface area contributed by atoms with Crippen LogP contribution in [-0.2, 0) is 0 Å². The molecule has 1 aromatic carbocycles. The van der Waals surface area contributed by atoms with Gasteiger partial charge in [0, 0.05) is 9.35 Å². The SMILES string of the molecule is Cc1ccc(C(Br)c2sccc2Br)cc1C. The van der Waals surface area contributed by atoms with Gasteiger partial charge in [-0.15, -0.1) is 11.3 Å². The van der Waals surface area contributed by atoms with Crippen LogP contribution in [0.15, 0.2) is 34.1 Å². The maximum absolute atomic E-state index is 3.76. The highest BCUT2D eigenvalue weighted by Gasteiger charge is 2.15. The highest BCUT2D eigenvalue weighted by Crippen LogP contribution is 2.39. The van der Waals surface area contributed by atoms with Gasteiger partial charge in [-0.3, -0.25) is 0 Å². The van der Waals surface area contributed by atoms with Crippen LogP contribution in [0.4, 0.5) is 0 Å². The summed E-state index contributed by atoms with van der Waals surface area (Å²) in [6.45, 7) is 4.30. The van der Waals surface area contributed by atoms with Crippen molar-refractivity contribution in [2.45, 2.75) is 18.7 Å². The fourth-order valence-electron chi connectivity index (χ4n) is 1.56. The van der Waals surface area contributed by atoms with Crippen LogP contribution >= 0.6 is 43.2 Å². The van der Waals surface area contributed by atoms with Crippen LogP contribution in [0.5, 0.6) is 0 Å². The average Bonchev–Trinajstić information content (AvgIpc) is 2.67. The van der Waals surface area contributed by atoms with E-state index in [-0.39, 0.29) is 4.83 Å². The molecule has 1 aromatic heterocycles. The molecule has 1 unspecified atom stereocenters. The van der Waals surface area contributed by atoms with Gasteiger partial charge in [0.15, 0.2) is 0 Å². The van der Waals surface area contributed by atoms with E-state index in [0.717, 1.165) is 0 Å². The van der Waals surface area contributed by atoms with Crippen LogP contribution < -0.4 is 0 Å². The third-order valence-corrected chi connectivity index (χ3v) is 5.92. The Balaban J connectivity index is 2.38. The molecule has 0 aliphatic carbocycles. The summed E-state index contributed by atoms with van der Waals surface area (Å²) in [5.41, 5.74) is 3.99. The molecule has 0 aliphatic heterocycles. The molecule has 0 saturated heterocycles. The molecule has 84 valence electrons. The Morgan fingerprint density at radius 3 is 2.44 bits per heavy atom. The third kappa shape index (κ3) is 2.41. The van der Waals surface area contributed by atoms with Crippen LogP contribution in [0.3, 0.4) is 0 Å². The van der Waals surface area contributed by atoms with E-state index in [9.17, 15) is 0 Å². The van der Waals surface area contributed by atoms with E-state index in [0.29, 0.717) is 0 Å². The number of hydrogen-bond acceptors (Lipinski definition) is 1.